The molecule has 0 saturated carbocycles. The highest BCUT2D eigenvalue weighted by Crippen LogP contribution is 2.38. The minimum absolute atomic E-state index is 0.0834. The Hall–Kier alpha value is -4.53. The molecule has 5 aromatic rings. The van der Waals surface area contributed by atoms with Gasteiger partial charge in [-0.25, -0.2) is 9.97 Å². The topological polar surface area (TPSA) is 95.8 Å². The van der Waals surface area contributed by atoms with Gasteiger partial charge in [0.25, 0.3) is 0 Å². The van der Waals surface area contributed by atoms with Crippen LogP contribution in [0.1, 0.15) is 11.1 Å². The number of hydrogen-bond acceptors (Lipinski definition) is 5. The molecule has 158 valence electrons. The Labute approximate surface area is 191 Å². The van der Waals surface area contributed by atoms with Gasteiger partial charge in [0.2, 0.25) is 5.88 Å². The van der Waals surface area contributed by atoms with Gasteiger partial charge in [0, 0.05) is 29.4 Å². The molecular weight excluding hydrogens is 408 g/mol. The number of nitriles is 1. The molecule has 3 N–H and O–H groups in total. The van der Waals surface area contributed by atoms with Crippen molar-refractivity contribution in [2.45, 2.75) is 6.54 Å². The largest absolute Gasteiger partial charge is 0.493 e. The number of aromatic nitrogens is 2. The van der Waals surface area contributed by atoms with Crippen molar-refractivity contribution >= 4 is 10.9 Å². The van der Waals surface area contributed by atoms with E-state index < -0.39 is 0 Å². The van der Waals surface area contributed by atoms with Crippen LogP contribution in [-0.2, 0) is 6.54 Å². The summed E-state index contributed by atoms with van der Waals surface area (Å²) < 4.78 is 0. The molecule has 5 nitrogen and oxygen atoms in total. The monoisotopic (exact) mass is 428 g/mol. The lowest BCUT2D eigenvalue weighted by Gasteiger charge is -2.15. The van der Waals surface area contributed by atoms with E-state index in [2.05, 4.69) is 11.1 Å². The number of fused-ring (bicyclic) bond motifs is 1. The first kappa shape index (κ1) is 20.4. The molecule has 0 fully saturated rings. The van der Waals surface area contributed by atoms with Crippen molar-refractivity contribution in [2.75, 3.05) is 0 Å². The predicted octanol–water partition coefficient (Wildman–Crippen LogP) is 5.67. The highest BCUT2D eigenvalue weighted by Gasteiger charge is 2.17. The van der Waals surface area contributed by atoms with Crippen molar-refractivity contribution in [3.63, 3.8) is 0 Å². The summed E-state index contributed by atoms with van der Waals surface area (Å²) in [6, 6.07) is 29.4. The van der Waals surface area contributed by atoms with E-state index >= 15 is 0 Å². The molecule has 5 heteroatoms. The fourth-order valence-corrected chi connectivity index (χ4v) is 3.97. The Morgan fingerprint density at radius 2 is 1.58 bits per heavy atom. The van der Waals surface area contributed by atoms with E-state index in [1.165, 1.54) is 0 Å². The maximum absolute atomic E-state index is 10.6. The number of rotatable bonds is 4. The third-order valence-corrected chi connectivity index (χ3v) is 5.69. The molecule has 2 heterocycles. The number of pyridine rings is 2. The molecule has 3 aromatic carbocycles. The summed E-state index contributed by atoms with van der Waals surface area (Å²) in [6.07, 6.45) is 1.60. The lowest BCUT2D eigenvalue weighted by molar-refractivity contribution is 0.460. The quantitative estimate of drug-likeness (QED) is 0.385. The molecule has 0 bridgehead atoms. The smallest absolute Gasteiger partial charge is 0.220 e. The van der Waals surface area contributed by atoms with Gasteiger partial charge in [-0.05, 0) is 34.9 Å². The first-order chi connectivity index (χ1) is 16.2. The van der Waals surface area contributed by atoms with E-state index in [1.54, 1.807) is 18.3 Å². The maximum atomic E-state index is 10.6. The molecule has 0 amide bonds. The van der Waals surface area contributed by atoms with Gasteiger partial charge in [0.05, 0.1) is 28.2 Å². The lowest BCUT2D eigenvalue weighted by Crippen LogP contribution is -1.97. The van der Waals surface area contributed by atoms with Gasteiger partial charge in [-0.1, -0.05) is 66.7 Å². The van der Waals surface area contributed by atoms with E-state index in [-0.39, 0.29) is 5.88 Å². The molecule has 0 unspecified atom stereocenters. The van der Waals surface area contributed by atoms with Gasteiger partial charge in [-0.3, -0.25) is 0 Å². The summed E-state index contributed by atoms with van der Waals surface area (Å²) in [5, 5.41) is 20.5. The van der Waals surface area contributed by atoms with Gasteiger partial charge >= 0.3 is 0 Å². The number of hydrogen-bond donors (Lipinski definition) is 2. The van der Waals surface area contributed by atoms with Crippen LogP contribution in [0, 0.1) is 11.3 Å². The normalized spacial score (nSPS) is 10.8. The van der Waals surface area contributed by atoms with E-state index in [4.69, 9.17) is 10.7 Å². The number of benzene rings is 3. The standard InChI is InChI=1S/C28H20N4O/c29-15-18-9-11-21(12-10-18)26-23(20-6-2-1-3-7-20)14-24-27(32-26)25(17-31-28(24)33)22-8-4-5-19(13-22)16-30/h1-14,17H,15,29H2,(H,31,33). The molecule has 5 rings (SSSR count). The van der Waals surface area contributed by atoms with Crippen LogP contribution in [0.4, 0.5) is 0 Å². The van der Waals surface area contributed by atoms with Crippen molar-refractivity contribution in [1.29, 1.82) is 5.26 Å². The van der Waals surface area contributed by atoms with Crippen molar-refractivity contribution in [1.82, 2.24) is 9.97 Å². The molecule has 0 aliphatic carbocycles. The Morgan fingerprint density at radius 1 is 0.818 bits per heavy atom. The second-order valence-electron chi connectivity index (χ2n) is 7.74. The van der Waals surface area contributed by atoms with Crippen LogP contribution in [-0.4, -0.2) is 15.1 Å². The third-order valence-electron chi connectivity index (χ3n) is 5.69. The summed E-state index contributed by atoms with van der Waals surface area (Å²) in [4.78, 5) is 9.27. The summed E-state index contributed by atoms with van der Waals surface area (Å²) in [5.74, 6) is -0.0834. The highest BCUT2D eigenvalue weighted by molar-refractivity contribution is 6.01. The Morgan fingerprint density at radius 3 is 2.30 bits per heavy atom. The van der Waals surface area contributed by atoms with E-state index in [9.17, 15) is 10.4 Å². The molecule has 33 heavy (non-hydrogen) atoms. The summed E-state index contributed by atoms with van der Waals surface area (Å²) in [5.41, 5.74) is 13.2. The number of aromatic hydroxyl groups is 1. The van der Waals surface area contributed by atoms with Crippen LogP contribution in [0.2, 0.25) is 0 Å². The minimum atomic E-state index is -0.0834. The third kappa shape index (κ3) is 3.80. The average molecular weight is 428 g/mol. The molecular formula is C28H20N4O. The van der Waals surface area contributed by atoms with Gasteiger partial charge < -0.3 is 10.8 Å². The fraction of sp³-hybridized carbons (Fsp3) is 0.0357. The van der Waals surface area contributed by atoms with Crippen molar-refractivity contribution in [2.24, 2.45) is 5.73 Å². The van der Waals surface area contributed by atoms with Crippen molar-refractivity contribution in [3.8, 4) is 45.5 Å². The van der Waals surface area contributed by atoms with Crippen molar-refractivity contribution < 1.29 is 5.11 Å². The molecule has 0 radical (unpaired) electrons. The van der Waals surface area contributed by atoms with Crippen LogP contribution in [0.25, 0.3) is 44.4 Å². The second kappa shape index (κ2) is 8.54. The molecule has 0 aliphatic heterocycles. The zero-order valence-corrected chi connectivity index (χ0v) is 17.7. The highest BCUT2D eigenvalue weighted by atomic mass is 16.3. The van der Waals surface area contributed by atoms with Crippen LogP contribution in [0.3, 0.4) is 0 Å². The molecule has 0 saturated heterocycles. The van der Waals surface area contributed by atoms with E-state index in [0.717, 1.165) is 39.1 Å². The molecule has 0 spiro atoms. The molecule has 2 aromatic heterocycles. The fourth-order valence-electron chi connectivity index (χ4n) is 3.97. The Balaban J connectivity index is 1.83. The van der Waals surface area contributed by atoms with E-state index in [0.29, 0.717) is 23.0 Å². The van der Waals surface area contributed by atoms with Gasteiger partial charge in [0.1, 0.15) is 0 Å². The number of nitrogens with two attached hydrogens (primary N) is 1. The van der Waals surface area contributed by atoms with Crippen LogP contribution in [0.5, 0.6) is 5.88 Å². The molecule has 0 aliphatic rings. The van der Waals surface area contributed by atoms with Crippen LogP contribution >= 0.6 is 0 Å². The second-order valence-corrected chi connectivity index (χ2v) is 7.74. The number of nitrogens with zero attached hydrogens (tertiary/aromatic N) is 3. The predicted molar refractivity (Wildman–Crippen MR) is 130 cm³/mol. The summed E-state index contributed by atoms with van der Waals surface area (Å²) in [6.45, 7) is 0.468. The molecule has 0 atom stereocenters. The van der Waals surface area contributed by atoms with Crippen LogP contribution < -0.4 is 5.73 Å². The Bertz CT molecular complexity index is 1500. The zero-order valence-electron chi connectivity index (χ0n) is 17.7. The van der Waals surface area contributed by atoms with Gasteiger partial charge in [-0.15, -0.1) is 0 Å². The zero-order chi connectivity index (χ0) is 22.8. The summed E-state index contributed by atoms with van der Waals surface area (Å²) in [7, 11) is 0. The van der Waals surface area contributed by atoms with Gasteiger partial charge in [-0.2, -0.15) is 5.26 Å². The average Bonchev–Trinajstić information content (AvgIpc) is 2.89. The minimum Gasteiger partial charge on any atom is -0.493 e. The summed E-state index contributed by atoms with van der Waals surface area (Å²) >= 11 is 0. The van der Waals surface area contributed by atoms with Gasteiger partial charge in [0.15, 0.2) is 0 Å². The first-order valence-corrected chi connectivity index (χ1v) is 10.6. The van der Waals surface area contributed by atoms with E-state index in [1.807, 2.05) is 72.8 Å². The Kier molecular flexibility index (Phi) is 5.27. The van der Waals surface area contributed by atoms with Crippen LogP contribution in [0.15, 0.2) is 91.1 Å². The maximum Gasteiger partial charge on any atom is 0.220 e. The SMILES string of the molecule is N#Cc1cccc(-c2cnc(O)c3cc(-c4ccccc4)c(-c4ccc(CN)cc4)nc23)c1. The van der Waals surface area contributed by atoms with Crippen molar-refractivity contribution in [3.05, 3.63) is 102 Å². The lowest BCUT2D eigenvalue weighted by atomic mass is 9.95. The first-order valence-electron chi connectivity index (χ1n) is 10.6.